The molecular weight excluding hydrogens is 290 g/mol. The number of carbonyl (C=O) groups is 1. The Hall–Kier alpha value is -2.72. The van der Waals surface area contributed by atoms with Crippen molar-refractivity contribution in [2.24, 2.45) is 0 Å². The van der Waals surface area contributed by atoms with E-state index in [1.165, 1.54) is 42.6 Å². The van der Waals surface area contributed by atoms with Crippen molar-refractivity contribution in [3.8, 4) is 6.07 Å². The standard InChI is InChI=1S/C14H11N3O3S/c1-21(19,20)12-4-2-3-11(7-12)14(18)17-13-6-5-10(8-15)9-16-13/h2-7,9H,1H3,(H,16,17,18). The summed E-state index contributed by atoms with van der Waals surface area (Å²) in [6.45, 7) is 0. The lowest BCUT2D eigenvalue weighted by molar-refractivity contribution is 0.102. The second-order valence-electron chi connectivity index (χ2n) is 4.30. The van der Waals surface area contributed by atoms with Gasteiger partial charge in [-0.05, 0) is 30.3 Å². The molecule has 0 aliphatic rings. The summed E-state index contributed by atoms with van der Waals surface area (Å²) in [6.07, 6.45) is 2.41. The van der Waals surface area contributed by atoms with Crippen LogP contribution in [0.3, 0.4) is 0 Å². The van der Waals surface area contributed by atoms with Gasteiger partial charge in [-0.15, -0.1) is 0 Å². The van der Waals surface area contributed by atoms with Gasteiger partial charge in [-0.25, -0.2) is 13.4 Å². The van der Waals surface area contributed by atoms with E-state index in [1.54, 1.807) is 0 Å². The Morgan fingerprint density at radius 3 is 2.62 bits per heavy atom. The lowest BCUT2D eigenvalue weighted by Gasteiger charge is -2.05. The first-order valence-electron chi connectivity index (χ1n) is 5.88. The van der Waals surface area contributed by atoms with Crippen LogP contribution in [0.25, 0.3) is 0 Å². The Bertz CT molecular complexity index is 821. The molecule has 0 saturated carbocycles. The molecular formula is C14H11N3O3S. The molecule has 0 aliphatic carbocycles. The Balaban J connectivity index is 2.22. The molecule has 1 aromatic heterocycles. The van der Waals surface area contributed by atoms with Crippen molar-refractivity contribution >= 4 is 21.6 Å². The highest BCUT2D eigenvalue weighted by Crippen LogP contribution is 2.13. The topological polar surface area (TPSA) is 99.9 Å². The highest BCUT2D eigenvalue weighted by atomic mass is 32.2. The van der Waals surface area contributed by atoms with Gasteiger partial charge in [0, 0.05) is 18.0 Å². The summed E-state index contributed by atoms with van der Waals surface area (Å²) in [5, 5.41) is 11.2. The quantitative estimate of drug-likeness (QED) is 0.928. The predicted octanol–water partition coefficient (Wildman–Crippen LogP) is 1.61. The summed E-state index contributed by atoms with van der Waals surface area (Å²) >= 11 is 0. The average molecular weight is 301 g/mol. The zero-order chi connectivity index (χ0) is 15.5. The molecule has 0 unspecified atom stereocenters. The smallest absolute Gasteiger partial charge is 0.256 e. The van der Waals surface area contributed by atoms with Crippen LogP contribution in [0.1, 0.15) is 15.9 Å². The molecule has 2 rings (SSSR count). The second-order valence-corrected chi connectivity index (χ2v) is 6.31. The maximum atomic E-state index is 12.0. The van der Waals surface area contributed by atoms with Gasteiger partial charge in [-0.1, -0.05) is 6.07 Å². The number of nitriles is 1. The van der Waals surface area contributed by atoms with Crippen molar-refractivity contribution in [2.45, 2.75) is 4.90 Å². The average Bonchev–Trinajstić information content (AvgIpc) is 2.47. The molecule has 0 aliphatic heterocycles. The number of hydrogen-bond donors (Lipinski definition) is 1. The molecule has 1 aromatic carbocycles. The zero-order valence-corrected chi connectivity index (χ0v) is 11.9. The third kappa shape index (κ3) is 3.64. The van der Waals surface area contributed by atoms with Crippen LogP contribution in [0.5, 0.6) is 0 Å². The van der Waals surface area contributed by atoms with E-state index in [9.17, 15) is 13.2 Å². The van der Waals surface area contributed by atoms with Crippen molar-refractivity contribution in [2.75, 3.05) is 11.6 Å². The minimum absolute atomic E-state index is 0.0722. The minimum atomic E-state index is -3.37. The molecule has 2 aromatic rings. The largest absolute Gasteiger partial charge is 0.307 e. The summed E-state index contributed by atoms with van der Waals surface area (Å²) in [6, 6.07) is 10.7. The summed E-state index contributed by atoms with van der Waals surface area (Å²) in [5.74, 6) is -0.193. The Morgan fingerprint density at radius 2 is 2.05 bits per heavy atom. The number of aromatic nitrogens is 1. The maximum absolute atomic E-state index is 12.0. The number of anilines is 1. The molecule has 0 saturated heterocycles. The number of nitrogens with zero attached hydrogens (tertiary/aromatic N) is 2. The van der Waals surface area contributed by atoms with E-state index in [0.717, 1.165) is 6.26 Å². The second kappa shape index (κ2) is 5.73. The molecule has 6 nitrogen and oxygen atoms in total. The van der Waals surface area contributed by atoms with Crippen LogP contribution in [0.15, 0.2) is 47.5 Å². The molecule has 0 atom stereocenters. The first-order chi connectivity index (χ1) is 9.90. The number of benzene rings is 1. The van der Waals surface area contributed by atoms with Gasteiger partial charge in [-0.2, -0.15) is 5.26 Å². The van der Waals surface area contributed by atoms with Crippen molar-refractivity contribution in [3.05, 3.63) is 53.7 Å². The van der Waals surface area contributed by atoms with Crippen molar-refractivity contribution < 1.29 is 13.2 Å². The van der Waals surface area contributed by atoms with Crippen LogP contribution in [0, 0.1) is 11.3 Å². The number of hydrogen-bond acceptors (Lipinski definition) is 5. The van der Waals surface area contributed by atoms with E-state index < -0.39 is 15.7 Å². The minimum Gasteiger partial charge on any atom is -0.307 e. The SMILES string of the molecule is CS(=O)(=O)c1cccc(C(=O)Nc2ccc(C#N)cn2)c1. The van der Waals surface area contributed by atoms with Gasteiger partial charge in [-0.3, -0.25) is 4.79 Å². The fraction of sp³-hybridized carbons (Fsp3) is 0.0714. The summed E-state index contributed by atoms with van der Waals surface area (Å²) in [5.41, 5.74) is 0.594. The summed E-state index contributed by atoms with van der Waals surface area (Å²) in [4.78, 5) is 16.0. The van der Waals surface area contributed by atoms with Gasteiger partial charge >= 0.3 is 0 Å². The van der Waals surface area contributed by atoms with E-state index in [-0.39, 0.29) is 16.3 Å². The number of nitrogens with one attached hydrogen (secondary N) is 1. The van der Waals surface area contributed by atoms with Crippen molar-refractivity contribution in [1.29, 1.82) is 5.26 Å². The van der Waals surface area contributed by atoms with Crippen LogP contribution in [0.4, 0.5) is 5.82 Å². The van der Waals surface area contributed by atoms with Crippen LogP contribution < -0.4 is 5.32 Å². The first kappa shape index (κ1) is 14.7. The number of amides is 1. The molecule has 0 fully saturated rings. The van der Waals surface area contributed by atoms with Crippen molar-refractivity contribution in [1.82, 2.24) is 4.98 Å². The molecule has 1 N–H and O–H groups in total. The molecule has 21 heavy (non-hydrogen) atoms. The molecule has 0 bridgehead atoms. The number of pyridine rings is 1. The zero-order valence-electron chi connectivity index (χ0n) is 11.1. The predicted molar refractivity (Wildman–Crippen MR) is 76.5 cm³/mol. The normalized spacial score (nSPS) is 10.7. The molecule has 1 amide bonds. The summed E-state index contributed by atoms with van der Waals surface area (Å²) in [7, 11) is -3.37. The molecule has 7 heteroatoms. The van der Waals surface area contributed by atoms with Crippen LogP contribution in [-0.4, -0.2) is 25.6 Å². The van der Waals surface area contributed by atoms with Crippen LogP contribution in [-0.2, 0) is 9.84 Å². The lowest BCUT2D eigenvalue weighted by atomic mass is 10.2. The van der Waals surface area contributed by atoms with Gasteiger partial charge < -0.3 is 5.32 Å². The Morgan fingerprint density at radius 1 is 1.29 bits per heavy atom. The van der Waals surface area contributed by atoms with Gasteiger partial charge in [0.25, 0.3) is 5.91 Å². The van der Waals surface area contributed by atoms with Gasteiger partial charge in [0.1, 0.15) is 11.9 Å². The highest BCUT2D eigenvalue weighted by Gasteiger charge is 2.12. The number of rotatable bonds is 3. The fourth-order valence-corrected chi connectivity index (χ4v) is 2.26. The Labute approximate surface area is 122 Å². The lowest BCUT2D eigenvalue weighted by Crippen LogP contribution is -2.13. The van der Waals surface area contributed by atoms with Gasteiger partial charge in [0.05, 0.1) is 10.5 Å². The van der Waals surface area contributed by atoms with E-state index in [4.69, 9.17) is 5.26 Å². The first-order valence-corrected chi connectivity index (χ1v) is 7.77. The molecule has 0 radical (unpaired) electrons. The van der Waals surface area contributed by atoms with Crippen molar-refractivity contribution in [3.63, 3.8) is 0 Å². The van der Waals surface area contributed by atoms with E-state index in [1.807, 2.05) is 6.07 Å². The third-order valence-electron chi connectivity index (χ3n) is 2.66. The van der Waals surface area contributed by atoms with Crippen LogP contribution >= 0.6 is 0 Å². The number of carbonyl (C=O) groups excluding carboxylic acids is 1. The van der Waals surface area contributed by atoms with E-state index in [2.05, 4.69) is 10.3 Å². The molecule has 1 heterocycles. The monoisotopic (exact) mass is 301 g/mol. The highest BCUT2D eigenvalue weighted by molar-refractivity contribution is 7.90. The molecule has 0 spiro atoms. The maximum Gasteiger partial charge on any atom is 0.256 e. The molecule has 106 valence electrons. The van der Waals surface area contributed by atoms with E-state index >= 15 is 0 Å². The van der Waals surface area contributed by atoms with Gasteiger partial charge in [0.2, 0.25) is 0 Å². The number of sulfone groups is 1. The third-order valence-corrected chi connectivity index (χ3v) is 3.77. The summed E-state index contributed by atoms with van der Waals surface area (Å²) < 4.78 is 22.9. The van der Waals surface area contributed by atoms with E-state index in [0.29, 0.717) is 5.56 Å². The fourth-order valence-electron chi connectivity index (χ4n) is 1.59. The van der Waals surface area contributed by atoms with Gasteiger partial charge in [0.15, 0.2) is 9.84 Å². The van der Waals surface area contributed by atoms with Crippen LogP contribution in [0.2, 0.25) is 0 Å². The Kier molecular flexibility index (Phi) is 4.00.